The first-order valence-corrected chi connectivity index (χ1v) is 7.83. The number of aliphatic hydroxyl groups excluding tert-OH is 1. The van der Waals surface area contributed by atoms with Crippen LogP contribution in [0, 0.1) is 0 Å². The molecule has 0 atom stereocenters. The van der Waals surface area contributed by atoms with Crippen molar-refractivity contribution in [3.63, 3.8) is 0 Å². The van der Waals surface area contributed by atoms with Crippen LogP contribution in [0.5, 0.6) is 0 Å². The van der Waals surface area contributed by atoms with E-state index < -0.39 is 0 Å². The van der Waals surface area contributed by atoms with Crippen molar-refractivity contribution in [2.24, 2.45) is 4.99 Å². The lowest BCUT2D eigenvalue weighted by molar-refractivity contribution is -0.606. The minimum absolute atomic E-state index is 0.00651. The van der Waals surface area contributed by atoms with Crippen molar-refractivity contribution < 1.29 is 9.79 Å². The number of hydrazine groups is 1. The molecule has 0 aliphatic carbocycles. The molecule has 0 fully saturated rings. The molecule has 0 radical (unpaired) electrons. The van der Waals surface area contributed by atoms with Crippen LogP contribution in [0.3, 0.4) is 0 Å². The van der Waals surface area contributed by atoms with Gasteiger partial charge in [0.15, 0.2) is 0 Å². The second-order valence-electron chi connectivity index (χ2n) is 5.12. The number of hydrogen-bond donors (Lipinski definition) is 2. The lowest BCUT2D eigenvalue weighted by Crippen LogP contribution is -2.40. The molecule has 0 unspecified atom stereocenters. The fraction of sp³-hybridized carbons (Fsp3) is 0.235. The van der Waals surface area contributed by atoms with Crippen LogP contribution in [0.25, 0.3) is 5.32 Å². The first-order valence-electron chi connectivity index (χ1n) is 7.83. The van der Waals surface area contributed by atoms with Crippen LogP contribution in [-0.4, -0.2) is 58.2 Å². The predicted molar refractivity (Wildman–Crippen MR) is 93.5 cm³/mol. The number of hydrogen-bond acceptors (Lipinski definition) is 5. The number of aliphatic hydroxyl groups is 1. The minimum atomic E-state index is -0.00651. The molecule has 124 valence electrons. The molecule has 0 amide bonds. The summed E-state index contributed by atoms with van der Waals surface area (Å²) in [4.78, 5) is 8.75. The standard InChI is InChI=1S/C17H20N6O/c24-12-11-23(17-20-9-10-21-17)22(13-15-5-1-3-7-18-15)14-16-6-2-4-8-19-16/h1-8,13-14,18,24H,9-12H2. The quantitative estimate of drug-likeness (QED) is 0.481. The van der Waals surface area contributed by atoms with Crippen molar-refractivity contribution >= 4 is 12.2 Å². The van der Waals surface area contributed by atoms with Crippen molar-refractivity contribution in [1.82, 2.24) is 15.3 Å². The first kappa shape index (κ1) is 15.9. The zero-order valence-corrected chi connectivity index (χ0v) is 13.3. The molecule has 3 heterocycles. The van der Waals surface area contributed by atoms with Gasteiger partial charge in [-0.15, -0.1) is 4.68 Å². The van der Waals surface area contributed by atoms with Crippen LogP contribution >= 0.6 is 0 Å². The number of rotatable bonds is 5. The molecule has 7 nitrogen and oxygen atoms in total. The molecule has 3 rings (SSSR count). The third-order valence-corrected chi connectivity index (χ3v) is 3.38. The van der Waals surface area contributed by atoms with Gasteiger partial charge in [0.25, 0.3) is 0 Å². The Labute approximate surface area is 141 Å². The number of aliphatic imine (C=N–C) groups is 1. The number of pyridine rings is 1. The molecular formula is C17H20N6O. The second-order valence-corrected chi connectivity index (χ2v) is 5.12. The summed E-state index contributed by atoms with van der Waals surface area (Å²) in [5.41, 5.74) is 1.71. The van der Waals surface area contributed by atoms with Gasteiger partial charge in [0, 0.05) is 12.4 Å². The molecule has 0 bridgehead atoms. The van der Waals surface area contributed by atoms with Gasteiger partial charge in [-0.3, -0.25) is 4.98 Å². The Kier molecular flexibility index (Phi) is 5.36. The highest BCUT2D eigenvalue weighted by Crippen LogP contribution is 2.10. The Balaban J connectivity index is 1.97. The smallest absolute Gasteiger partial charge is 0.213 e. The summed E-state index contributed by atoms with van der Waals surface area (Å²) in [5.74, 6) is 0.614. The van der Waals surface area contributed by atoms with E-state index in [1.54, 1.807) is 6.20 Å². The van der Waals surface area contributed by atoms with E-state index in [-0.39, 0.29) is 6.61 Å². The van der Waals surface area contributed by atoms with E-state index in [0.717, 1.165) is 11.4 Å². The molecule has 0 saturated carbocycles. The predicted octanol–water partition coefficient (Wildman–Crippen LogP) is 0.980. The molecule has 7 heteroatoms. The molecular weight excluding hydrogens is 304 g/mol. The number of hydrazone groups is 1. The van der Waals surface area contributed by atoms with Gasteiger partial charge in [-0.1, -0.05) is 12.1 Å². The maximum Gasteiger partial charge on any atom is 0.213 e. The summed E-state index contributed by atoms with van der Waals surface area (Å²) >= 11 is 0. The Morgan fingerprint density at radius 2 is 2.33 bits per heavy atom. The van der Waals surface area contributed by atoms with Gasteiger partial charge < -0.3 is 20.7 Å². The molecule has 2 N–H and O–H groups in total. The SMILES string of the molecule is OCCN(C1=NCC[N-]1)[N+](C=C1C=CC=CN1)=Cc1ccccn1. The maximum atomic E-state index is 9.46. The normalized spacial score (nSPS) is 18.3. The summed E-state index contributed by atoms with van der Waals surface area (Å²) in [5, 5.41) is 18.9. The zero-order valence-electron chi connectivity index (χ0n) is 13.3. The lowest BCUT2D eigenvalue weighted by Gasteiger charge is -2.25. The average Bonchev–Trinajstić information content (AvgIpc) is 3.15. The number of aromatic nitrogens is 1. The van der Waals surface area contributed by atoms with Crippen LogP contribution < -0.4 is 5.32 Å². The van der Waals surface area contributed by atoms with Crippen LogP contribution in [0.1, 0.15) is 5.69 Å². The highest BCUT2D eigenvalue weighted by Gasteiger charge is 2.17. The fourth-order valence-electron chi connectivity index (χ4n) is 2.32. The van der Waals surface area contributed by atoms with Crippen molar-refractivity contribution in [3.8, 4) is 0 Å². The van der Waals surface area contributed by atoms with Gasteiger partial charge in [0.1, 0.15) is 11.4 Å². The van der Waals surface area contributed by atoms with E-state index in [2.05, 4.69) is 20.6 Å². The Bertz CT molecular complexity index is 705. The Morgan fingerprint density at radius 1 is 1.38 bits per heavy atom. The topological polar surface area (TPSA) is 77.9 Å². The third-order valence-electron chi connectivity index (χ3n) is 3.38. The fourth-order valence-corrected chi connectivity index (χ4v) is 2.32. The Hall–Kier alpha value is -2.93. The monoisotopic (exact) mass is 324 g/mol. The van der Waals surface area contributed by atoms with Crippen molar-refractivity contribution in [3.05, 3.63) is 71.7 Å². The third kappa shape index (κ3) is 4.08. The van der Waals surface area contributed by atoms with E-state index >= 15 is 0 Å². The lowest BCUT2D eigenvalue weighted by atomic mass is 10.3. The van der Waals surface area contributed by atoms with E-state index in [9.17, 15) is 5.11 Å². The molecule has 0 aromatic carbocycles. The van der Waals surface area contributed by atoms with Crippen LogP contribution in [0.15, 0.2) is 65.7 Å². The van der Waals surface area contributed by atoms with Crippen molar-refractivity contribution in [1.29, 1.82) is 0 Å². The number of nitrogens with one attached hydrogen (secondary N) is 1. The highest BCUT2D eigenvalue weighted by atomic mass is 16.3. The molecule has 1 aromatic heterocycles. The van der Waals surface area contributed by atoms with Crippen LogP contribution in [0.4, 0.5) is 0 Å². The highest BCUT2D eigenvalue weighted by molar-refractivity contribution is 5.93. The number of allylic oxidation sites excluding steroid dienone is 3. The molecule has 0 saturated heterocycles. The zero-order chi connectivity index (χ0) is 16.6. The van der Waals surface area contributed by atoms with Gasteiger partial charge in [-0.25, -0.2) is 5.01 Å². The van der Waals surface area contributed by atoms with Crippen LogP contribution in [0.2, 0.25) is 0 Å². The molecule has 2 aliphatic heterocycles. The number of guanidine groups is 1. The summed E-state index contributed by atoms with van der Waals surface area (Å²) in [7, 11) is 0. The summed E-state index contributed by atoms with van der Waals surface area (Å²) in [6, 6.07) is 5.72. The average molecular weight is 324 g/mol. The molecule has 0 spiro atoms. The van der Waals surface area contributed by atoms with Gasteiger partial charge in [-0.05, 0) is 37.4 Å². The van der Waals surface area contributed by atoms with Gasteiger partial charge >= 0.3 is 0 Å². The van der Waals surface area contributed by atoms with E-state index in [1.165, 1.54) is 0 Å². The minimum Gasteiger partial charge on any atom is -0.396 e. The first-order chi connectivity index (χ1) is 11.9. The van der Waals surface area contributed by atoms with E-state index in [4.69, 9.17) is 0 Å². The Morgan fingerprint density at radius 3 is 3.00 bits per heavy atom. The number of nitrogens with zero attached hydrogens (tertiary/aromatic N) is 5. The van der Waals surface area contributed by atoms with Gasteiger partial charge in [-0.2, -0.15) is 0 Å². The maximum absolute atomic E-state index is 9.46. The molecule has 1 aromatic rings. The van der Waals surface area contributed by atoms with Gasteiger partial charge in [0.05, 0.1) is 19.1 Å². The molecule has 24 heavy (non-hydrogen) atoms. The second kappa shape index (κ2) is 8.07. The van der Waals surface area contributed by atoms with Crippen molar-refractivity contribution in [2.75, 3.05) is 26.2 Å². The van der Waals surface area contributed by atoms with Crippen molar-refractivity contribution in [2.45, 2.75) is 0 Å². The number of dihydropyridines is 1. The largest absolute Gasteiger partial charge is 0.396 e. The van der Waals surface area contributed by atoms with E-state index in [0.29, 0.717) is 25.6 Å². The summed E-state index contributed by atoms with van der Waals surface area (Å²) < 4.78 is 1.86. The van der Waals surface area contributed by atoms with Gasteiger partial charge in [0.2, 0.25) is 12.4 Å². The van der Waals surface area contributed by atoms with Crippen LogP contribution in [-0.2, 0) is 0 Å². The summed E-state index contributed by atoms with van der Waals surface area (Å²) in [6.45, 7) is 1.72. The van der Waals surface area contributed by atoms with E-state index in [1.807, 2.05) is 64.7 Å². The summed E-state index contributed by atoms with van der Waals surface area (Å²) in [6.07, 6.45) is 13.2. The molecule has 2 aliphatic rings.